The molecule has 0 spiro atoms. The van der Waals surface area contributed by atoms with Gasteiger partial charge < -0.3 is 15.2 Å². The van der Waals surface area contributed by atoms with Crippen LogP contribution in [0.4, 0.5) is 0 Å². The fourth-order valence-corrected chi connectivity index (χ4v) is 2.36. The minimum atomic E-state index is -0.843. The van der Waals surface area contributed by atoms with E-state index in [1.807, 2.05) is 0 Å². The summed E-state index contributed by atoms with van der Waals surface area (Å²) in [5.74, 6) is 0.308. The number of carboxylic acids is 1. The molecule has 94 valence electrons. The van der Waals surface area contributed by atoms with Gasteiger partial charge in [0, 0.05) is 23.7 Å². The van der Waals surface area contributed by atoms with Crippen LogP contribution in [0.15, 0.2) is 11.4 Å². The smallest absolute Gasteiger partial charge is 0.313 e. The number of thioether (sulfide) groups is 1. The van der Waals surface area contributed by atoms with Crippen molar-refractivity contribution in [2.45, 2.75) is 0 Å². The summed E-state index contributed by atoms with van der Waals surface area (Å²) in [6.45, 7) is 0.455. The third kappa shape index (κ3) is 5.10. The van der Waals surface area contributed by atoms with Crippen LogP contribution in [-0.2, 0) is 4.79 Å². The van der Waals surface area contributed by atoms with Crippen LogP contribution >= 0.6 is 23.1 Å². The van der Waals surface area contributed by atoms with Crippen LogP contribution in [0.5, 0.6) is 5.75 Å². The van der Waals surface area contributed by atoms with Gasteiger partial charge in [-0.1, -0.05) is 0 Å². The molecule has 0 fully saturated rings. The van der Waals surface area contributed by atoms with Crippen LogP contribution in [-0.4, -0.2) is 42.1 Å². The number of rotatable bonds is 7. The highest BCUT2D eigenvalue weighted by Crippen LogP contribution is 2.20. The Balaban J connectivity index is 2.23. The minimum Gasteiger partial charge on any atom is -0.496 e. The van der Waals surface area contributed by atoms with E-state index in [-0.39, 0.29) is 11.7 Å². The molecular weight excluding hydrogens is 262 g/mol. The van der Waals surface area contributed by atoms with Gasteiger partial charge in [-0.2, -0.15) is 0 Å². The van der Waals surface area contributed by atoms with Gasteiger partial charge >= 0.3 is 5.97 Å². The van der Waals surface area contributed by atoms with Crippen molar-refractivity contribution in [2.24, 2.45) is 0 Å². The number of aliphatic carboxylic acids is 1. The topological polar surface area (TPSA) is 75.6 Å². The number of carboxylic acid groups (broad SMARTS) is 1. The number of thiophene rings is 1. The zero-order valence-electron chi connectivity index (χ0n) is 9.26. The number of carbonyl (C=O) groups is 2. The molecule has 0 bridgehead atoms. The van der Waals surface area contributed by atoms with Crippen LogP contribution in [0.1, 0.15) is 9.67 Å². The van der Waals surface area contributed by atoms with Gasteiger partial charge in [-0.3, -0.25) is 9.59 Å². The molecule has 0 saturated heterocycles. The molecule has 1 aromatic rings. The third-order valence-corrected chi connectivity index (χ3v) is 3.64. The second kappa shape index (κ2) is 7.18. The molecule has 1 heterocycles. The number of nitrogens with one attached hydrogen (secondary N) is 1. The Labute approximate surface area is 107 Å². The lowest BCUT2D eigenvalue weighted by Gasteiger charge is -2.02. The van der Waals surface area contributed by atoms with Crippen molar-refractivity contribution in [1.82, 2.24) is 5.32 Å². The number of methoxy groups -OCH3 is 1. The van der Waals surface area contributed by atoms with Crippen molar-refractivity contribution in [1.29, 1.82) is 0 Å². The Kier molecular flexibility index (Phi) is 5.85. The SMILES string of the molecule is COc1csc(C(=O)NCCSCC(=O)O)c1. The van der Waals surface area contributed by atoms with E-state index in [1.54, 1.807) is 18.6 Å². The maximum atomic E-state index is 11.6. The monoisotopic (exact) mass is 275 g/mol. The Bertz CT molecular complexity index is 391. The van der Waals surface area contributed by atoms with Gasteiger partial charge in [-0.05, 0) is 0 Å². The molecule has 2 N–H and O–H groups in total. The predicted octanol–water partition coefficient (Wildman–Crippen LogP) is 1.30. The first-order chi connectivity index (χ1) is 8.13. The third-order valence-electron chi connectivity index (χ3n) is 1.79. The number of ether oxygens (including phenoxy) is 1. The van der Waals surface area contributed by atoms with Gasteiger partial charge in [0.05, 0.1) is 17.7 Å². The first kappa shape index (κ1) is 13.9. The standard InChI is InChI=1S/C10H13NO4S2/c1-15-7-4-8(17-5-7)10(14)11-2-3-16-6-9(12)13/h4-5H,2-3,6H2,1H3,(H,11,14)(H,12,13). The second-order valence-corrected chi connectivity index (χ2v) is 5.07. The van der Waals surface area contributed by atoms with Crippen LogP contribution in [0, 0.1) is 0 Å². The maximum Gasteiger partial charge on any atom is 0.313 e. The fourth-order valence-electron chi connectivity index (χ4n) is 1.03. The summed E-state index contributed by atoms with van der Waals surface area (Å²) in [5.41, 5.74) is 0. The van der Waals surface area contributed by atoms with Crippen LogP contribution in [0.3, 0.4) is 0 Å². The Hall–Kier alpha value is -1.21. The summed E-state index contributed by atoms with van der Waals surface area (Å²) in [4.78, 5) is 22.4. The lowest BCUT2D eigenvalue weighted by Crippen LogP contribution is -2.25. The lowest BCUT2D eigenvalue weighted by atomic mass is 10.4. The summed E-state index contributed by atoms with van der Waals surface area (Å²) in [7, 11) is 1.55. The highest BCUT2D eigenvalue weighted by molar-refractivity contribution is 7.99. The van der Waals surface area contributed by atoms with Crippen molar-refractivity contribution in [2.75, 3.05) is 25.2 Å². The number of carbonyl (C=O) groups excluding carboxylic acids is 1. The number of hydrogen-bond acceptors (Lipinski definition) is 5. The fraction of sp³-hybridized carbons (Fsp3) is 0.400. The molecule has 1 aromatic heterocycles. The zero-order chi connectivity index (χ0) is 12.7. The van der Waals surface area contributed by atoms with Crippen LogP contribution in [0.25, 0.3) is 0 Å². The predicted molar refractivity (Wildman–Crippen MR) is 68.2 cm³/mol. The van der Waals surface area contributed by atoms with Crippen LogP contribution < -0.4 is 10.1 Å². The van der Waals surface area contributed by atoms with Crippen molar-refractivity contribution in [3.8, 4) is 5.75 Å². The van der Waals surface area contributed by atoms with Gasteiger partial charge in [0.25, 0.3) is 5.91 Å². The molecule has 0 atom stereocenters. The van der Waals surface area contributed by atoms with E-state index in [0.717, 1.165) is 0 Å². The quantitative estimate of drug-likeness (QED) is 0.734. The molecule has 0 saturated carbocycles. The first-order valence-electron chi connectivity index (χ1n) is 4.83. The second-order valence-electron chi connectivity index (χ2n) is 3.05. The van der Waals surface area contributed by atoms with E-state index in [1.165, 1.54) is 23.1 Å². The number of amides is 1. The van der Waals surface area contributed by atoms with Gasteiger partial charge in [0.1, 0.15) is 5.75 Å². The molecule has 5 nitrogen and oxygen atoms in total. The first-order valence-corrected chi connectivity index (χ1v) is 6.87. The summed E-state index contributed by atoms with van der Waals surface area (Å²) >= 11 is 2.59. The van der Waals surface area contributed by atoms with Crippen molar-refractivity contribution in [3.63, 3.8) is 0 Å². The summed E-state index contributed by atoms with van der Waals surface area (Å²) < 4.78 is 4.98. The van der Waals surface area contributed by atoms with E-state index in [0.29, 0.717) is 22.9 Å². The van der Waals surface area contributed by atoms with Crippen molar-refractivity contribution < 1.29 is 19.4 Å². The summed E-state index contributed by atoms with van der Waals surface area (Å²) in [5, 5.41) is 12.9. The summed E-state index contributed by atoms with van der Waals surface area (Å²) in [6, 6.07) is 1.67. The molecular formula is C10H13NO4S2. The Morgan fingerprint density at radius 2 is 2.35 bits per heavy atom. The highest BCUT2D eigenvalue weighted by atomic mass is 32.2. The van der Waals surface area contributed by atoms with E-state index >= 15 is 0 Å². The largest absolute Gasteiger partial charge is 0.496 e. The molecule has 0 unspecified atom stereocenters. The average Bonchev–Trinajstić information content (AvgIpc) is 2.76. The van der Waals surface area contributed by atoms with Gasteiger partial charge in [-0.25, -0.2) is 0 Å². The van der Waals surface area contributed by atoms with E-state index in [9.17, 15) is 9.59 Å². The van der Waals surface area contributed by atoms with E-state index < -0.39 is 5.97 Å². The van der Waals surface area contributed by atoms with Crippen molar-refractivity contribution >= 4 is 35.0 Å². The Morgan fingerprint density at radius 3 is 2.94 bits per heavy atom. The minimum absolute atomic E-state index is 0.0582. The molecule has 0 aliphatic rings. The average molecular weight is 275 g/mol. The molecule has 0 radical (unpaired) electrons. The zero-order valence-corrected chi connectivity index (χ0v) is 10.9. The molecule has 1 rings (SSSR count). The number of hydrogen-bond donors (Lipinski definition) is 2. The highest BCUT2D eigenvalue weighted by Gasteiger charge is 2.08. The molecule has 0 aliphatic heterocycles. The molecule has 17 heavy (non-hydrogen) atoms. The lowest BCUT2D eigenvalue weighted by molar-refractivity contribution is -0.133. The van der Waals surface area contributed by atoms with Crippen molar-refractivity contribution in [3.05, 3.63) is 16.3 Å². The molecule has 7 heteroatoms. The Morgan fingerprint density at radius 1 is 1.59 bits per heavy atom. The van der Waals surface area contributed by atoms with Gasteiger partial charge in [0.15, 0.2) is 0 Å². The van der Waals surface area contributed by atoms with Gasteiger partial charge in [0.2, 0.25) is 0 Å². The molecule has 1 amide bonds. The summed E-state index contributed by atoms with van der Waals surface area (Å²) in [6.07, 6.45) is 0. The van der Waals surface area contributed by atoms with E-state index in [2.05, 4.69) is 5.32 Å². The normalized spacial score (nSPS) is 9.94. The van der Waals surface area contributed by atoms with E-state index in [4.69, 9.17) is 9.84 Å². The molecule has 0 aromatic carbocycles. The van der Waals surface area contributed by atoms with Gasteiger partial charge in [-0.15, -0.1) is 23.1 Å². The van der Waals surface area contributed by atoms with Crippen LogP contribution in [0.2, 0.25) is 0 Å². The maximum absolute atomic E-state index is 11.6. The molecule has 0 aliphatic carbocycles.